The summed E-state index contributed by atoms with van der Waals surface area (Å²) in [5.74, 6) is 0.121. The molecule has 0 N–H and O–H groups in total. The van der Waals surface area contributed by atoms with E-state index in [0.717, 1.165) is 13.0 Å². The summed E-state index contributed by atoms with van der Waals surface area (Å²) in [5, 5.41) is 1.32. The van der Waals surface area contributed by atoms with Gasteiger partial charge in [0.15, 0.2) is 11.3 Å². The summed E-state index contributed by atoms with van der Waals surface area (Å²) in [6, 6.07) is 8.90. The summed E-state index contributed by atoms with van der Waals surface area (Å²) in [5.41, 5.74) is 1.12. The lowest BCUT2D eigenvalue weighted by Gasteiger charge is -1.94. The minimum Gasteiger partial charge on any atom is -0.451 e. The van der Waals surface area contributed by atoms with E-state index in [-0.39, 0.29) is 11.5 Å². The number of para-hydroxylation sites is 1. The Bertz CT molecular complexity index is 791. The molecule has 1 aromatic carbocycles. The minimum atomic E-state index is -0.166. The second-order valence-electron chi connectivity index (χ2n) is 3.84. The van der Waals surface area contributed by atoms with Crippen molar-refractivity contribution in [2.75, 3.05) is 0 Å². The molecule has 3 rings (SSSR count). The van der Waals surface area contributed by atoms with Crippen LogP contribution in [-0.2, 0) is 0 Å². The van der Waals surface area contributed by atoms with Crippen molar-refractivity contribution in [3.8, 4) is 0 Å². The molecule has 0 aliphatic rings. The average Bonchev–Trinajstić information content (AvgIpc) is 2.93. The van der Waals surface area contributed by atoms with Gasteiger partial charge in [0.25, 0.3) is 0 Å². The third kappa shape index (κ3) is 2.40. The third-order valence-electron chi connectivity index (χ3n) is 2.62. The normalized spacial score (nSPS) is 11.1. The highest BCUT2D eigenvalue weighted by atomic mass is 79.9. The Labute approximate surface area is 134 Å². The number of thiophene rings is 1. The maximum absolute atomic E-state index is 12.4. The molecule has 0 spiro atoms. The molecule has 2 nitrogen and oxygen atoms in total. The first-order valence-electron chi connectivity index (χ1n) is 5.24. The van der Waals surface area contributed by atoms with Crippen molar-refractivity contribution < 1.29 is 9.21 Å². The molecule has 96 valence electrons. The van der Waals surface area contributed by atoms with Gasteiger partial charge in [-0.15, -0.1) is 11.3 Å². The first kappa shape index (κ1) is 13.4. The van der Waals surface area contributed by atoms with Crippen LogP contribution in [0.2, 0.25) is 5.02 Å². The van der Waals surface area contributed by atoms with Crippen LogP contribution < -0.4 is 0 Å². The van der Waals surface area contributed by atoms with E-state index in [9.17, 15) is 4.79 Å². The molecule has 0 saturated heterocycles. The molecule has 0 unspecified atom stereocenters. The molecule has 0 amide bonds. The molecular weight excluding hydrogens is 415 g/mol. The van der Waals surface area contributed by atoms with E-state index in [0.29, 0.717) is 16.2 Å². The molecule has 3 aromatic rings. The van der Waals surface area contributed by atoms with Gasteiger partial charge in [-0.05, 0) is 50.1 Å². The van der Waals surface area contributed by atoms with Crippen LogP contribution in [0.5, 0.6) is 0 Å². The SMILES string of the molecule is O=C(c1cc2cccc(Cl)c2o1)c1cc(Br)sc1Br. The number of carbonyl (C=O) groups is 1. The van der Waals surface area contributed by atoms with Gasteiger partial charge in [-0.1, -0.05) is 23.7 Å². The Morgan fingerprint density at radius 3 is 2.68 bits per heavy atom. The van der Waals surface area contributed by atoms with Crippen molar-refractivity contribution in [2.24, 2.45) is 0 Å². The van der Waals surface area contributed by atoms with Crippen molar-refractivity contribution in [2.45, 2.75) is 0 Å². The summed E-state index contributed by atoms with van der Waals surface area (Å²) >= 11 is 14.2. The Balaban J connectivity index is 2.12. The molecule has 0 aliphatic carbocycles. The second-order valence-corrected chi connectivity index (χ2v) is 7.99. The van der Waals surface area contributed by atoms with Crippen LogP contribution >= 0.6 is 54.8 Å². The van der Waals surface area contributed by atoms with Crippen LogP contribution in [0.3, 0.4) is 0 Å². The fourth-order valence-electron chi connectivity index (χ4n) is 1.77. The zero-order valence-electron chi connectivity index (χ0n) is 9.25. The number of ketones is 1. The third-order valence-corrected chi connectivity index (χ3v) is 5.26. The van der Waals surface area contributed by atoms with Gasteiger partial charge in [-0.2, -0.15) is 0 Å². The van der Waals surface area contributed by atoms with Gasteiger partial charge in [0.05, 0.1) is 18.2 Å². The van der Waals surface area contributed by atoms with Gasteiger partial charge in [-0.3, -0.25) is 4.79 Å². The number of hydrogen-bond donors (Lipinski definition) is 0. The predicted molar refractivity (Wildman–Crippen MR) is 84.4 cm³/mol. The second kappa shape index (κ2) is 5.05. The lowest BCUT2D eigenvalue weighted by Crippen LogP contribution is -1.97. The van der Waals surface area contributed by atoms with Crippen molar-refractivity contribution in [1.82, 2.24) is 0 Å². The Morgan fingerprint density at radius 1 is 1.26 bits per heavy atom. The van der Waals surface area contributed by atoms with Crippen LogP contribution in [0.15, 0.2) is 42.3 Å². The number of rotatable bonds is 2. The summed E-state index contributed by atoms with van der Waals surface area (Å²) in [6.45, 7) is 0. The van der Waals surface area contributed by atoms with Crippen molar-refractivity contribution >= 4 is 71.6 Å². The number of hydrogen-bond acceptors (Lipinski definition) is 3. The summed E-state index contributed by atoms with van der Waals surface area (Å²) in [6.07, 6.45) is 0. The lowest BCUT2D eigenvalue weighted by molar-refractivity contribution is 0.101. The van der Waals surface area contributed by atoms with E-state index in [1.807, 2.05) is 12.1 Å². The molecule has 19 heavy (non-hydrogen) atoms. The van der Waals surface area contributed by atoms with Crippen LogP contribution in [-0.4, -0.2) is 5.78 Å². The molecule has 0 aliphatic heterocycles. The summed E-state index contributed by atoms with van der Waals surface area (Å²) in [7, 11) is 0. The molecular formula is C13H5Br2ClO2S. The molecule has 0 radical (unpaired) electrons. The highest BCUT2D eigenvalue weighted by Gasteiger charge is 2.20. The van der Waals surface area contributed by atoms with Crippen LogP contribution in [0.4, 0.5) is 0 Å². The molecule has 2 aromatic heterocycles. The van der Waals surface area contributed by atoms with E-state index in [4.69, 9.17) is 16.0 Å². The van der Waals surface area contributed by atoms with Crippen molar-refractivity contribution in [3.63, 3.8) is 0 Å². The van der Waals surface area contributed by atoms with E-state index >= 15 is 0 Å². The first-order valence-corrected chi connectivity index (χ1v) is 8.02. The number of halogens is 3. The van der Waals surface area contributed by atoms with E-state index in [1.165, 1.54) is 11.3 Å². The maximum atomic E-state index is 12.4. The largest absolute Gasteiger partial charge is 0.451 e. The van der Waals surface area contributed by atoms with Crippen LogP contribution in [0.1, 0.15) is 16.1 Å². The topological polar surface area (TPSA) is 30.2 Å². The smallest absolute Gasteiger partial charge is 0.230 e. The zero-order chi connectivity index (χ0) is 13.6. The Morgan fingerprint density at radius 2 is 2.05 bits per heavy atom. The molecule has 0 fully saturated rings. The fraction of sp³-hybridized carbons (Fsp3) is 0. The van der Waals surface area contributed by atoms with E-state index < -0.39 is 0 Å². The van der Waals surface area contributed by atoms with Crippen LogP contribution in [0.25, 0.3) is 11.0 Å². The number of furan rings is 1. The van der Waals surface area contributed by atoms with Gasteiger partial charge in [0.2, 0.25) is 5.78 Å². The Kier molecular flexibility index (Phi) is 3.55. The molecule has 0 saturated carbocycles. The number of carbonyl (C=O) groups excluding carboxylic acids is 1. The zero-order valence-corrected chi connectivity index (χ0v) is 14.0. The molecule has 2 heterocycles. The van der Waals surface area contributed by atoms with Gasteiger partial charge in [-0.25, -0.2) is 0 Å². The van der Waals surface area contributed by atoms with E-state index in [1.54, 1.807) is 18.2 Å². The lowest BCUT2D eigenvalue weighted by atomic mass is 10.1. The number of fused-ring (bicyclic) bond motifs is 1. The summed E-state index contributed by atoms with van der Waals surface area (Å²) < 4.78 is 7.23. The van der Waals surface area contributed by atoms with Gasteiger partial charge in [0.1, 0.15) is 0 Å². The highest BCUT2D eigenvalue weighted by Crippen LogP contribution is 2.34. The van der Waals surface area contributed by atoms with Crippen LogP contribution in [0, 0.1) is 0 Å². The monoisotopic (exact) mass is 418 g/mol. The molecule has 6 heteroatoms. The van der Waals surface area contributed by atoms with Gasteiger partial charge < -0.3 is 4.42 Å². The fourth-order valence-corrected chi connectivity index (χ4v) is 4.78. The van der Waals surface area contributed by atoms with Gasteiger partial charge in [0, 0.05) is 5.39 Å². The highest BCUT2D eigenvalue weighted by molar-refractivity contribution is 9.12. The first-order chi connectivity index (χ1) is 9.06. The summed E-state index contributed by atoms with van der Waals surface area (Å²) in [4.78, 5) is 12.4. The van der Waals surface area contributed by atoms with Crippen molar-refractivity contribution in [1.29, 1.82) is 0 Å². The standard InChI is InChI=1S/C13H5Br2ClO2S/c14-10-5-7(13(15)19-10)11(17)9-4-6-2-1-3-8(16)12(6)18-9/h1-5H. The molecule has 0 bridgehead atoms. The maximum Gasteiger partial charge on any atom is 0.230 e. The molecule has 0 atom stereocenters. The number of benzene rings is 1. The average molecular weight is 421 g/mol. The minimum absolute atomic E-state index is 0.166. The quantitative estimate of drug-likeness (QED) is 0.483. The Hall–Kier alpha value is -0.620. The predicted octanol–water partition coefficient (Wildman–Crippen LogP) is 5.90. The van der Waals surface area contributed by atoms with E-state index in [2.05, 4.69) is 31.9 Å². The van der Waals surface area contributed by atoms with Crippen molar-refractivity contribution in [3.05, 3.63) is 54.3 Å². The van der Waals surface area contributed by atoms with Gasteiger partial charge >= 0.3 is 0 Å².